The molecular formula is C13H26N2O3S. The molecule has 0 spiro atoms. The number of ether oxygens (including phenoxy) is 1. The van der Waals surface area contributed by atoms with Crippen molar-refractivity contribution in [1.29, 1.82) is 0 Å². The Morgan fingerprint density at radius 2 is 2.16 bits per heavy atom. The molecule has 112 valence electrons. The van der Waals surface area contributed by atoms with E-state index in [1.165, 1.54) is 0 Å². The molecule has 0 aromatic heterocycles. The zero-order chi connectivity index (χ0) is 13.7. The van der Waals surface area contributed by atoms with E-state index in [-0.39, 0.29) is 11.9 Å². The van der Waals surface area contributed by atoms with E-state index in [9.17, 15) is 8.42 Å². The second-order valence-electron chi connectivity index (χ2n) is 5.56. The fourth-order valence-electron chi connectivity index (χ4n) is 2.87. The van der Waals surface area contributed by atoms with E-state index in [0.29, 0.717) is 25.7 Å². The van der Waals surface area contributed by atoms with Gasteiger partial charge in [-0.05, 0) is 38.6 Å². The topological polar surface area (TPSA) is 58.6 Å². The summed E-state index contributed by atoms with van der Waals surface area (Å²) in [6.07, 6.45) is 4.85. The molecule has 0 saturated carbocycles. The van der Waals surface area contributed by atoms with Crippen molar-refractivity contribution >= 4 is 10.0 Å². The Morgan fingerprint density at radius 1 is 1.32 bits per heavy atom. The Hall–Kier alpha value is -0.170. The third-order valence-electron chi connectivity index (χ3n) is 3.87. The SMILES string of the molecule is CCCN(CC1CCCN1)S(=O)(=O)CC1CCCO1. The predicted octanol–water partition coefficient (Wildman–Crippen LogP) is 0.959. The molecule has 6 heteroatoms. The van der Waals surface area contributed by atoms with Crippen molar-refractivity contribution < 1.29 is 13.2 Å². The molecule has 2 aliphatic heterocycles. The molecule has 0 bridgehead atoms. The number of hydrogen-bond donors (Lipinski definition) is 1. The Labute approximate surface area is 116 Å². The molecule has 2 unspecified atom stereocenters. The summed E-state index contributed by atoms with van der Waals surface area (Å²) >= 11 is 0. The van der Waals surface area contributed by atoms with Gasteiger partial charge in [0.2, 0.25) is 10.0 Å². The highest BCUT2D eigenvalue weighted by Crippen LogP contribution is 2.17. The summed E-state index contributed by atoms with van der Waals surface area (Å²) in [6.45, 7) is 4.97. The average Bonchev–Trinajstić information content (AvgIpc) is 3.01. The minimum Gasteiger partial charge on any atom is -0.377 e. The van der Waals surface area contributed by atoms with Crippen LogP contribution in [-0.2, 0) is 14.8 Å². The molecule has 2 aliphatic rings. The summed E-state index contributed by atoms with van der Waals surface area (Å²) in [5.74, 6) is 0.152. The van der Waals surface area contributed by atoms with Crippen molar-refractivity contribution in [3.63, 3.8) is 0 Å². The Kier molecular flexibility index (Phi) is 5.62. The van der Waals surface area contributed by atoms with Gasteiger partial charge in [0.05, 0.1) is 11.9 Å². The molecule has 2 rings (SSSR count). The van der Waals surface area contributed by atoms with E-state index in [4.69, 9.17) is 4.74 Å². The number of sulfonamides is 1. The summed E-state index contributed by atoms with van der Waals surface area (Å²) in [4.78, 5) is 0. The minimum absolute atomic E-state index is 0.0964. The van der Waals surface area contributed by atoms with Crippen LogP contribution in [0.15, 0.2) is 0 Å². The lowest BCUT2D eigenvalue weighted by molar-refractivity contribution is 0.126. The maximum atomic E-state index is 12.5. The highest BCUT2D eigenvalue weighted by molar-refractivity contribution is 7.89. The monoisotopic (exact) mass is 290 g/mol. The lowest BCUT2D eigenvalue weighted by atomic mass is 10.2. The molecule has 1 N–H and O–H groups in total. The van der Waals surface area contributed by atoms with Gasteiger partial charge >= 0.3 is 0 Å². The summed E-state index contributed by atoms with van der Waals surface area (Å²) in [6, 6.07) is 0.325. The molecule has 0 amide bonds. The molecule has 0 aliphatic carbocycles. The third kappa shape index (κ3) is 4.41. The van der Waals surface area contributed by atoms with Crippen LogP contribution in [0.1, 0.15) is 39.0 Å². The van der Waals surface area contributed by atoms with Crippen LogP contribution in [0, 0.1) is 0 Å². The smallest absolute Gasteiger partial charge is 0.216 e. The van der Waals surface area contributed by atoms with E-state index < -0.39 is 10.0 Å². The van der Waals surface area contributed by atoms with E-state index in [1.54, 1.807) is 4.31 Å². The van der Waals surface area contributed by atoms with E-state index >= 15 is 0 Å². The highest BCUT2D eigenvalue weighted by Gasteiger charge is 2.30. The van der Waals surface area contributed by atoms with Gasteiger partial charge in [0.1, 0.15) is 0 Å². The van der Waals surface area contributed by atoms with Gasteiger partial charge in [0.25, 0.3) is 0 Å². The zero-order valence-corrected chi connectivity index (χ0v) is 12.6. The van der Waals surface area contributed by atoms with Gasteiger partial charge in [-0.25, -0.2) is 12.7 Å². The van der Waals surface area contributed by atoms with Crippen molar-refractivity contribution in [2.45, 2.75) is 51.2 Å². The number of rotatable bonds is 7. The van der Waals surface area contributed by atoms with E-state index in [0.717, 1.165) is 38.6 Å². The van der Waals surface area contributed by atoms with E-state index in [1.807, 2.05) is 6.92 Å². The third-order valence-corrected chi connectivity index (χ3v) is 5.78. The standard InChI is InChI=1S/C13H26N2O3S/c1-2-8-15(10-12-5-3-7-14-12)19(16,17)11-13-6-4-9-18-13/h12-14H,2-11H2,1H3. The summed E-state index contributed by atoms with van der Waals surface area (Å²) in [7, 11) is -3.19. The summed E-state index contributed by atoms with van der Waals surface area (Å²) < 4.78 is 32.1. The average molecular weight is 290 g/mol. The van der Waals surface area contributed by atoms with Crippen molar-refractivity contribution in [2.75, 3.05) is 32.0 Å². The Bertz CT molecular complexity index is 360. The van der Waals surface area contributed by atoms with Crippen LogP contribution in [0.2, 0.25) is 0 Å². The maximum absolute atomic E-state index is 12.5. The fraction of sp³-hybridized carbons (Fsp3) is 1.00. The van der Waals surface area contributed by atoms with Crippen molar-refractivity contribution in [3.05, 3.63) is 0 Å². The van der Waals surface area contributed by atoms with Gasteiger partial charge in [-0.2, -0.15) is 0 Å². The van der Waals surface area contributed by atoms with Gasteiger partial charge in [-0.1, -0.05) is 6.92 Å². The molecule has 19 heavy (non-hydrogen) atoms. The van der Waals surface area contributed by atoms with Crippen LogP contribution in [0.3, 0.4) is 0 Å². The van der Waals surface area contributed by atoms with Crippen LogP contribution in [-0.4, -0.2) is 56.9 Å². The second-order valence-corrected chi connectivity index (χ2v) is 7.58. The predicted molar refractivity (Wildman–Crippen MR) is 75.6 cm³/mol. The zero-order valence-electron chi connectivity index (χ0n) is 11.8. The van der Waals surface area contributed by atoms with Gasteiger partial charge < -0.3 is 10.1 Å². The molecule has 2 atom stereocenters. The number of nitrogens with zero attached hydrogens (tertiary/aromatic N) is 1. The first-order valence-corrected chi connectivity index (χ1v) is 9.05. The first-order valence-electron chi connectivity index (χ1n) is 7.44. The molecule has 2 heterocycles. The van der Waals surface area contributed by atoms with Crippen molar-refractivity contribution in [3.8, 4) is 0 Å². The van der Waals surface area contributed by atoms with Gasteiger partial charge in [-0.3, -0.25) is 0 Å². The van der Waals surface area contributed by atoms with Crippen molar-refractivity contribution in [1.82, 2.24) is 9.62 Å². The molecule has 0 aromatic rings. The highest BCUT2D eigenvalue weighted by atomic mass is 32.2. The Balaban J connectivity index is 1.94. The van der Waals surface area contributed by atoms with Gasteiger partial charge in [0, 0.05) is 25.7 Å². The lowest BCUT2D eigenvalue weighted by Gasteiger charge is -2.26. The number of nitrogens with one attached hydrogen (secondary N) is 1. The molecule has 2 saturated heterocycles. The van der Waals surface area contributed by atoms with Crippen LogP contribution in [0.25, 0.3) is 0 Å². The number of hydrogen-bond acceptors (Lipinski definition) is 4. The van der Waals surface area contributed by atoms with Crippen LogP contribution >= 0.6 is 0 Å². The molecular weight excluding hydrogens is 264 g/mol. The first kappa shape index (κ1) is 15.2. The van der Waals surface area contributed by atoms with Crippen molar-refractivity contribution in [2.24, 2.45) is 0 Å². The lowest BCUT2D eigenvalue weighted by Crippen LogP contribution is -2.44. The fourth-order valence-corrected chi connectivity index (χ4v) is 4.68. The van der Waals surface area contributed by atoms with E-state index in [2.05, 4.69) is 5.32 Å². The van der Waals surface area contributed by atoms with Crippen LogP contribution < -0.4 is 5.32 Å². The first-order chi connectivity index (χ1) is 9.12. The Morgan fingerprint density at radius 3 is 2.74 bits per heavy atom. The minimum atomic E-state index is -3.19. The second kappa shape index (κ2) is 7.02. The molecule has 0 aromatic carbocycles. The molecule has 0 radical (unpaired) electrons. The van der Waals surface area contributed by atoms with Gasteiger partial charge in [0.15, 0.2) is 0 Å². The normalized spacial score (nSPS) is 28.3. The molecule has 2 fully saturated rings. The summed E-state index contributed by atoms with van der Waals surface area (Å²) in [5.41, 5.74) is 0. The van der Waals surface area contributed by atoms with Gasteiger partial charge in [-0.15, -0.1) is 0 Å². The molecule has 5 nitrogen and oxygen atoms in total. The largest absolute Gasteiger partial charge is 0.377 e. The maximum Gasteiger partial charge on any atom is 0.216 e. The summed E-state index contributed by atoms with van der Waals surface area (Å²) in [5, 5.41) is 3.37. The van der Waals surface area contributed by atoms with Crippen LogP contribution in [0.4, 0.5) is 0 Å². The van der Waals surface area contributed by atoms with Crippen LogP contribution in [0.5, 0.6) is 0 Å². The quantitative estimate of drug-likeness (QED) is 0.759.